The van der Waals surface area contributed by atoms with Crippen molar-refractivity contribution >= 4 is 11.9 Å². The molecule has 2 aromatic rings. The van der Waals surface area contributed by atoms with Crippen molar-refractivity contribution in [3.05, 3.63) is 42.1 Å². The monoisotopic (exact) mass is 370 g/mol. The van der Waals surface area contributed by atoms with E-state index in [0.717, 1.165) is 25.0 Å². The second-order valence-electron chi connectivity index (χ2n) is 6.58. The van der Waals surface area contributed by atoms with Crippen molar-refractivity contribution in [2.75, 3.05) is 26.8 Å². The Kier molecular flexibility index (Phi) is 6.08. The van der Waals surface area contributed by atoms with Gasteiger partial charge in [0.1, 0.15) is 6.61 Å². The number of carbonyl (C=O) groups is 2. The topological polar surface area (TPSA) is 106 Å². The van der Waals surface area contributed by atoms with E-state index >= 15 is 0 Å². The number of aromatic nitrogens is 3. The fourth-order valence-electron chi connectivity index (χ4n) is 3.32. The summed E-state index contributed by atoms with van der Waals surface area (Å²) in [4.78, 5) is 37.8. The van der Waals surface area contributed by atoms with E-state index < -0.39 is 5.97 Å². The summed E-state index contributed by atoms with van der Waals surface area (Å²) in [5.41, 5.74) is 2.24. The Morgan fingerprint density at radius 1 is 1.22 bits per heavy atom. The maximum Gasteiger partial charge on any atom is 0.337 e. The van der Waals surface area contributed by atoms with E-state index in [1.54, 1.807) is 24.7 Å². The van der Waals surface area contributed by atoms with E-state index in [9.17, 15) is 14.7 Å². The van der Waals surface area contributed by atoms with Crippen molar-refractivity contribution in [1.82, 2.24) is 19.9 Å². The van der Waals surface area contributed by atoms with Crippen molar-refractivity contribution in [3.63, 3.8) is 0 Å². The van der Waals surface area contributed by atoms with Crippen LogP contribution in [0.1, 0.15) is 28.9 Å². The highest BCUT2D eigenvalue weighted by molar-refractivity contribution is 5.88. The van der Waals surface area contributed by atoms with Crippen LogP contribution in [0.3, 0.4) is 0 Å². The molecule has 0 atom stereocenters. The summed E-state index contributed by atoms with van der Waals surface area (Å²) < 4.78 is 4.91. The number of ether oxygens (including phenoxy) is 1. The molecule has 8 nitrogen and oxygen atoms in total. The first kappa shape index (κ1) is 18.9. The van der Waals surface area contributed by atoms with E-state index in [-0.39, 0.29) is 18.1 Å². The van der Waals surface area contributed by atoms with Crippen LogP contribution in [-0.4, -0.2) is 63.6 Å². The van der Waals surface area contributed by atoms with E-state index in [0.29, 0.717) is 30.3 Å². The van der Waals surface area contributed by atoms with Crippen LogP contribution in [0.25, 0.3) is 11.3 Å². The Hall–Kier alpha value is -2.87. The predicted octanol–water partition coefficient (Wildman–Crippen LogP) is 1.66. The van der Waals surface area contributed by atoms with Crippen molar-refractivity contribution in [2.24, 2.45) is 5.92 Å². The number of carboxylic acid groups (broad SMARTS) is 1. The summed E-state index contributed by atoms with van der Waals surface area (Å²) in [5.74, 6) is -0.613. The third-order valence-corrected chi connectivity index (χ3v) is 4.75. The number of likely N-dealkylation sites (tertiary alicyclic amines) is 1. The molecule has 1 aliphatic rings. The number of piperidine rings is 1. The van der Waals surface area contributed by atoms with Gasteiger partial charge in [0.05, 0.1) is 17.0 Å². The lowest BCUT2D eigenvalue weighted by molar-refractivity contribution is -0.136. The highest BCUT2D eigenvalue weighted by Gasteiger charge is 2.24. The van der Waals surface area contributed by atoms with Crippen LogP contribution in [0.5, 0.6) is 0 Å². The zero-order chi connectivity index (χ0) is 19.2. The molecule has 3 rings (SSSR count). The number of hydrogen-bond acceptors (Lipinski definition) is 6. The molecule has 1 N–H and O–H groups in total. The summed E-state index contributed by atoms with van der Waals surface area (Å²) in [5, 5.41) is 9.18. The largest absolute Gasteiger partial charge is 0.478 e. The van der Waals surface area contributed by atoms with Gasteiger partial charge in [-0.3, -0.25) is 19.7 Å². The van der Waals surface area contributed by atoms with Crippen LogP contribution in [0, 0.1) is 5.92 Å². The molecule has 27 heavy (non-hydrogen) atoms. The van der Waals surface area contributed by atoms with Gasteiger partial charge in [-0.2, -0.15) is 0 Å². The maximum atomic E-state index is 11.9. The van der Waals surface area contributed by atoms with Gasteiger partial charge in [0.15, 0.2) is 0 Å². The first-order chi connectivity index (χ1) is 13.1. The number of nitrogens with zero attached hydrogens (tertiary/aromatic N) is 4. The van der Waals surface area contributed by atoms with Gasteiger partial charge in [-0.25, -0.2) is 4.79 Å². The summed E-state index contributed by atoms with van der Waals surface area (Å²) >= 11 is 0. The lowest BCUT2D eigenvalue weighted by atomic mass is 9.90. The summed E-state index contributed by atoms with van der Waals surface area (Å²) in [6.07, 6.45) is 8.66. The van der Waals surface area contributed by atoms with Gasteiger partial charge in [0, 0.05) is 50.6 Å². The van der Waals surface area contributed by atoms with Gasteiger partial charge >= 0.3 is 5.97 Å². The van der Waals surface area contributed by atoms with Gasteiger partial charge in [-0.15, -0.1) is 0 Å². The Bertz CT molecular complexity index is 819. The van der Waals surface area contributed by atoms with Crippen LogP contribution in [0.4, 0.5) is 0 Å². The number of hydrogen-bond donors (Lipinski definition) is 1. The number of aromatic carboxylic acids is 1. The number of amides is 1. The van der Waals surface area contributed by atoms with Gasteiger partial charge in [0.2, 0.25) is 5.91 Å². The van der Waals surface area contributed by atoms with Crippen LogP contribution in [0.2, 0.25) is 0 Å². The van der Waals surface area contributed by atoms with Crippen molar-refractivity contribution < 1.29 is 19.4 Å². The fraction of sp³-hybridized carbons (Fsp3) is 0.421. The Morgan fingerprint density at radius 3 is 2.67 bits per heavy atom. The first-order valence-corrected chi connectivity index (χ1v) is 8.83. The van der Waals surface area contributed by atoms with Gasteiger partial charge in [0.25, 0.3) is 0 Å². The smallest absolute Gasteiger partial charge is 0.337 e. The van der Waals surface area contributed by atoms with E-state index in [1.165, 1.54) is 13.3 Å². The molecule has 3 heterocycles. The third-order valence-electron chi connectivity index (χ3n) is 4.75. The Labute approximate surface area is 157 Å². The number of pyridine rings is 1. The Morgan fingerprint density at radius 2 is 1.96 bits per heavy atom. The molecule has 0 bridgehead atoms. The molecule has 0 aromatic carbocycles. The highest BCUT2D eigenvalue weighted by atomic mass is 16.5. The number of carboxylic acids is 1. The first-order valence-electron chi connectivity index (χ1n) is 8.83. The van der Waals surface area contributed by atoms with Crippen molar-refractivity contribution in [3.8, 4) is 11.3 Å². The highest BCUT2D eigenvalue weighted by Crippen LogP contribution is 2.26. The fourth-order valence-corrected chi connectivity index (χ4v) is 3.32. The maximum absolute atomic E-state index is 11.9. The summed E-state index contributed by atoms with van der Waals surface area (Å²) in [6, 6.07) is 1.56. The van der Waals surface area contributed by atoms with Crippen molar-refractivity contribution in [2.45, 2.75) is 19.3 Å². The Balaban J connectivity index is 1.72. The summed E-state index contributed by atoms with van der Waals surface area (Å²) in [6.45, 7) is 1.53. The number of methoxy groups -OCH3 is 1. The van der Waals surface area contributed by atoms with Crippen molar-refractivity contribution in [1.29, 1.82) is 0 Å². The lowest BCUT2D eigenvalue weighted by Gasteiger charge is -2.32. The van der Waals surface area contributed by atoms with E-state index in [1.807, 2.05) is 4.90 Å². The predicted molar refractivity (Wildman–Crippen MR) is 97.1 cm³/mol. The molecule has 1 aliphatic heterocycles. The molecule has 1 amide bonds. The molecular formula is C19H22N4O4. The zero-order valence-electron chi connectivity index (χ0n) is 15.2. The molecule has 0 spiro atoms. The molecule has 8 heteroatoms. The summed E-state index contributed by atoms with van der Waals surface area (Å²) in [7, 11) is 1.52. The molecule has 1 fully saturated rings. The molecular weight excluding hydrogens is 348 g/mol. The van der Waals surface area contributed by atoms with Crippen LogP contribution >= 0.6 is 0 Å². The lowest BCUT2D eigenvalue weighted by Crippen LogP contribution is -2.40. The van der Waals surface area contributed by atoms with E-state index in [2.05, 4.69) is 15.0 Å². The molecule has 0 unspecified atom stereocenters. The van der Waals surface area contributed by atoms with Gasteiger partial charge in [-0.05, 0) is 31.2 Å². The normalized spacial score (nSPS) is 14.9. The molecule has 2 aromatic heterocycles. The number of rotatable bonds is 6. The molecule has 0 radical (unpaired) electrons. The van der Waals surface area contributed by atoms with E-state index in [4.69, 9.17) is 4.74 Å². The molecule has 0 aliphatic carbocycles. The zero-order valence-corrected chi connectivity index (χ0v) is 15.2. The van der Waals surface area contributed by atoms with Crippen LogP contribution in [0.15, 0.2) is 30.9 Å². The molecule has 0 saturated carbocycles. The quantitative estimate of drug-likeness (QED) is 0.824. The average molecular weight is 370 g/mol. The van der Waals surface area contributed by atoms with Crippen LogP contribution in [-0.2, 0) is 16.0 Å². The average Bonchev–Trinajstić information content (AvgIpc) is 2.69. The minimum absolute atomic E-state index is 0.0210. The number of carbonyl (C=O) groups excluding carboxylic acids is 1. The second kappa shape index (κ2) is 8.68. The van der Waals surface area contributed by atoms with Gasteiger partial charge < -0.3 is 14.7 Å². The second-order valence-corrected chi connectivity index (χ2v) is 6.58. The standard InChI is InChI=1S/C19H22N4O4/c1-27-12-17(24)23-6-2-13(3-7-23)8-16-18(22-5-4-21-16)14-9-15(19(25)26)11-20-10-14/h4-5,9-11,13H,2-3,6-8,12H2,1H3,(H,25,26). The molecule has 142 valence electrons. The van der Waals surface area contributed by atoms with Crippen LogP contribution < -0.4 is 0 Å². The third kappa shape index (κ3) is 4.65. The van der Waals surface area contributed by atoms with Gasteiger partial charge in [-0.1, -0.05) is 0 Å². The minimum Gasteiger partial charge on any atom is -0.478 e. The minimum atomic E-state index is -1.03. The SMILES string of the molecule is COCC(=O)N1CCC(Cc2nccnc2-c2cncc(C(=O)O)c2)CC1. The molecule has 1 saturated heterocycles.